The molecule has 7 heteroatoms. The van der Waals surface area contributed by atoms with Crippen molar-refractivity contribution in [2.75, 3.05) is 6.61 Å². The van der Waals surface area contributed by atoms with Gasteiger partial charge >= 0.3 is 0 Å². The molecule has 0 unspecified atom stereocenters. The van der Waals surface area contributed by atoms with Crippen molar-refractivity contribution in [3.63, 3.8) is 0 Å². The predicted octanol–water partition coefficient (Wildman–Crippen LogP) is 4.77. The molecule has 0 bridgehead atoms. The minimum Gasteiger partial charge on any atom is -0.494 e. The number of nitrogens with zero attached hydrogens (tertiary/aromatic N) is 1. The molecule has 27 heavy (non-hydrogen) atoms. The van der Waals surface area contributed by atoms with E-state index in [1.807, 2.05) is 57.2 Å². The number of halogens is 2. The van der Waals surface area contributed by atoms with Crippen LogP contribution in [0, 0.1) is 7.14 Å². The van der Waals surface area contributed by atoms with Crippen LogP contribution in [0.15, 0.2) is 41.5 Å². The van der Waals surface area contributed by atoms with E-state index in [-0.39, 0.29) is 18.4 Å². The summed E-state index contributed by atoms with van der Waals surface area (Å²) in [6.45, 7) is 6.56. The Labute approximate surface area is 187 Å². The lowest BCUT2D eigenvalue weighted by Gasteiger charge is -2.14. The highest BCUT2D eigenvalue weighted by molar-refractivity contribution is 14.1. The quantitative estimate of drug-likeness (QED) is 0.273. The number of hydrogen-bond donors (Lipinski definition) is 1. The second-order valence-corrected chi connectivity index (χ2v) is 8.35. The average molecular weight is 592 g/mol. The van der Waals surface area contributed by atoms with Crippen LogP contribution in [0.2, 0.25) is 0 Å². The fourth-order valence-electron chi connectivity index (χ4n) is 2.28. The van der Waals surface area contributed by atoms with Crippen LogP contribution in [0.25, 0.3) is 0 Å². The lowest BCUT2D eigenvalue weighted by atomic mass is 10.1. The number of ether oxygens (including phenoxy) is 2. The molecule has 0 aliphatic carbocycles. The number of rotatable bonds is 8. The molecule has 0 aliphatic heterocycles. The standard InChI is InChI=1S/C20H22I2N2O3/c1-4-26-16-7-5-14(6-8-16)11-19(25)24-23-12-15-9-17(21)20(18(22)10-15)27-13(2)3/h5-10,12-13H,4,11H2,1-3H3,(H,24,25)/b23-12+. The zero-order valence-corrected chi connectivity index (χ0v) is 19.8. The normalized spacial score (nSPS) is 11.0. The molecule has 0 aromatic heterocycles. The molecular formula is C20H22I2N2O3. The first-order chi connectivity index (χ1) is 12.9. The van der Waals surface area contributed by atoms with Crippen LogP contribution in [0.5, 0.6) is 11.5 Å². The number of carbonyl (C=O) groups is 1. The van der Waals surface area contributed by atoms with Gasteiger partial charge in [0.15, 0.2) is 0 Å². The molecule has 0 spiro atoms. The number of nitrogens with one attached hydrogen (secondary N) is 1. The van der Waals surface area contributed by atoms with Crippen molar-refractivity contribution in [1.29, 1.82) is 0 Å². The highest BCUT2D eigenvalue weighted by Crippen LogP contribution is 2.29. The van der Waals surface area contributed by atoms with Gasteiger partial charge in [0.25, 0.3) is 0 Å². The van der Waals surface area contributed by atoms with Crippen LogP contribution in [0.1, 0.15) is 31.9 Å². The smallest absolute Gasteiger partial charge is 0.244 e. The van der Waals surface area contributed by atoms with Gasteiger partial charge in [-0.3, -0.25) is 4.79 Å². The lowest BCUT2D eigenvalue weighted by Crippen LogP contribution is -2.19. The van der Waals surface area contributed by atoms with Gasteiger partial charge < -0.3 is 9.47 Å². The van der Waals surface area contributed by atoms with Gasteiger partial charge in [0.05, 0.1) is 32.5 Å². The van der Waals surface area contributed by atoms with Crippen LogP contribution in [0.4, 0.5) is 0 Å². The summed E-state index contributed by atoms with van der Waals surface area (Å²) in [5.41, 5.74) is 4.38. The second kappa shape index (κ2) is 10.8. The molecule has 0 heterocycles. The van der Waals surface area contributed by atoms with E-state index in [1.54, 1.807) is 6.21 Å². The molecule has 144 valence electrons. The van der Waals surface area contributed by atoms with Crippen molar-refractivity contribution in [2.45, 2.75) is 33.3 Å². The fraction of sp³-hybridized carbons (Fsp3) is 0.300. The Balaban J connectivity index is 1.93. The van der Waals surface area contributed by atoms with Crippen LogP contribution in [-0.4, -0.2) is 24.8 Å². The Morgan fingerprint density at radius 3 is 2.37 bits per heavy atom. The lowest BCUT2D eigenvalue weighted by molar-refractivity contribution is -0.120. The van der Waals surface area contributed by atoms with E-state index in [9.17, 15) is 4.79 Å². The third-order valence-corrected chi connectivity index (χ3v) is 4.98. The van der Waals surface area contributed by atoms with Crippen LogP contribution < -0.4 is 14.9 Å². The third kappa shape index (κ3) is 7.28. The van der Waals surface area contributed by atoms with Gasteiger partial charge in [-0.1, -0.05) is 12.1 Å². The molecule has 1 N–H and O–H groups in total. The second-order valence-electron chi connectivity index (χ2n) is 6.03. The summed E-state index contributed by atoms with van der Waals surface area (Å²) in [7, 11) is 0. The monoisotopic (exact) mass is 592 g/mol. The Bertz CT molecular complexity index is 782. The Morgan fingerprint density at radius 2 is 1.81 bits per heavy atom. The number of amides is 1. The van der Waals surface area contributed by atoms with Gasteiger partial charge in [0, 0.05) is 0 Å². The summed E-state index contributed by atoms with van der Waals surface area (Å²) in [5, 5.41) is 4.06. The molecule has 0 atom stereocenters. The maximum absolute atomic E-state index is 12.0. The molecule has 2 aromatic rings. The summed E-state index contributed by atoms with van der Waals surface area (Å²) >= 11 is 4.49. The van der Waals surface area contributed by atoms with Crippen molar-refractivity contribution < 1.29 is 14.3 Å². The number of hydrazone groups is 1. The number of hydrogen-bond acceptors (Lipinski definition) is 4. The van der Waals surface area contributed by atoms with Crippen molar-refractivity contribution in [3.05, 3.63) is 54.7 Å². The maximum Gasteiger partial charge on any atom is 0.244 e. The minimum absolute atomic E-state index is 0.119. The highest BCUT2D eigenvalue weighted by atomic mass is 127. The van der Waals surface area contributed by atoms with E-state index in [0.717, 1.165) is 29.8 Å². The predicted molar refractivity (Wildman–Crippen MR) is 125 cm³/mol. The van der Waals surface area contributed by atoms with Crippen LogP contribution in [0.3, 0.4) is 0 Å². The van der Waals surface area contributed by atoms with Gasteiger partial charge in [0.2, 0.25) is 5.91 Å². The first-order valence-electron chi connectivity index (χ1n) is 8.58. The van der Waals surface area contributed by atoms with E-state index >= 15 is 0 Å². The molecule has 0 fully saturated rings. The number of carbonyl (C=O) groups excluding carboxylic acids is 1. The Hall–Kier alpha value is -1.36. The summed E-state index contributed by atoms with van der Waals surface area (Å²) in [4.78, 5) is 12.0. The van der Waals surface area contributed by atoms with E-state index in [2.05, 4.69) is 55.7 Å². The molecule has 5 nitrogen and oxygen atoms in total. The summed E-state index contributed by atoms with van der Waals surface area (Å²) < 4.78 is 13.2. The SMILES string of the molecule is CCOc1ccc(CC(=O)N/N=C/c2cc(I)c(OC(C)C)c(I)c2)cc1. The summed E-state index contributed by atoms with van der Waals surface area (Å²) in [6.07, 6.45) is 2.02. The van der Waals surface area contributed by atoms with E-state index in [0.29, 0.717) is 6.61 Å². The van der Waals surface area contributed by atoms with Gasteiger partial charge in [-0.15, -0.1) is 0 Å². The van der Waals surface area contributed by atoms with Gasteiger partial charge in [-0.2, -0.15) is 5.10 Å². The van der Waals surface area contributed by atoms with Gasteiger partial charge in [-0.05, 0) is 101 Å². The Morgan fingerprint density at radius 1 is 1.19 bits per heavy atom. The largest absolute Gasteiger partial charge is 0.494 e. The maximum atomic E-state index is 12.0. The molecule has 0 saturated heterocycles. The summed E-state index contributed by atoms with van der Waals surface area (Å²) in [5.74, 6) is 1.51. The van der Waals surface area contributed by atoms with E-state index < -0.39 is 0 Å². The molecule has 2 rings (SSSR count). The molecule has 0 saturated carbocycles. The molecule has 0 aliphatic rings. The fourth-order valence-corrected chi connectivity index (χ4v) is 4.35. The van der Waals surface area contributed by atoms with Gasteiger partial charge in [0.1, 0.15) is 11.5 Å². The highest BCUT2D eigenvalue weighted by Gasteiger charge is 2.10. The van der Waals surface area contributed by atoms with Crippen molar-refractivity contribution in [2.24, 2.45) is 5.10 Å². The zero-order chi connectivity index (χ0) is 19.8. The van der Waals surface area contributed by atoms with Crippen molar-refractivity contribution in [1.82, 2.24) is 5.43 Å². The molecule has 1 amide bonds. The molecular weight excluding hydrogens is 570 g/mol. The Kier molecular flexibility index (Phi) is 8.81. The van der Waals surface area contributed by atoms with Crippen molar-refractivity contribution in [3.8, 4) is 11.5 Å². The average Bonchev–Trinajstić information content (AvgIpc) is 2.60. The topological polar surface area (TPSA) is 59.9 Å². The summed E-state index contributed by atoms with van der Waals surface area (Å²) in [6, 6.07) is 11.4. The molecule has 2 aromatic carbocycles. The zero-order valence-electron chi connectivity index (χ0n) is 15.5. The van der Waals surface area contributed by atoms with Gasteiger partial charge in [-0.25, -0.2) is 5.43 Å². The first-order valence-corrected chi connectivity index (χ1v) is 10.7. The minimum atomic E-state index is -0.167. The van der Waals surface area contributed by atoms with E-state index in [1.165, 1.54) is 0 Å². The third-order valence-electron chi connectivity index (χ3n) is 3.38. The first kappa shape index (κ1) is 21.9. The number of benzene rings is 2. The van der Waals surface area contributed by atoms with E-state index in [4.69, 9.17) is 9.47 Å². The van der Waals surface area contributed by atoms with Crippen molar-refractivity contribution >= 4 is 57.3 Å². The van der Waals surface area contributed by atoms with Crippen LogP contribution in [-0.2, 0) is 11.2 Å². The molecule has 0 radical (unpaired) electrons. The van der Waals surface area contributed by atoms with Crippen LogP contribution >= 0.6 is 45.2 Å².